The lowest BCUT2D eigenvalue weighted by atomic mass is 10.3. The molecule has 0 saturated carbocycles. The molecule has 2 heterocycles. The first-order chi connectivity index (χ1) is 7.75. The molecule has 2 rings (SSSR count). The van der Waals surface area contributed by atoms with E-state index in [9.17, 15) is 0 Å². The summed E-state index contributed by atoms with van der Waals surface area (Å²) in [5.41, 5.74) is 1.19. The number of hydrogen-bond donors (Lipinski definition) is 1. The van der Waals surface area contributed by atoms with Gasteiger partial charge in [-0.3, -0.25) is 0 Å². The second kappa shape index (κ2) is 4.94. The average Bonchev–Trinajstić information content (AvgIpc) is 2.87. The number of aromatic nitrogens is 4. The third kappa shape index (κ3) is 2.70. The van der Waals surface area contributed by atoms with Crippen molar-refractivity contribution in [3.8, 4) is 0 Å². The minimum Gasteiger partial charge on any atom is -0.337 e. The third-order valence-electron chi connectivity index (χ3n) is 2.59. The molecule has 1 atom stereocenters. The van der Waals surface area contributed by atoms with E-state index < -0.39 is 0 Å². The Labute approximate surface area is 95.1 Å². The Bertz CT molecular complexity index is 417. The van der Waals surface area contributed by atoms with Crippen molar-refractivity contribution in [3.05, 3.63) is 36.9 Å². The molecular formula is C11H17N5. The zero-order valence-electron chi connectivity index (χ0n) is 9.67. The molecule has 1 N–H and O–H groups in total. The zero-order chi connectivity index (χ0) is 11.4. The van der Waals surface area contributed by atoms with Crippen LogP contribution >= 0.6 is 0 Å². The van der Waals surface area contributed by atoms with Crippen molar-refractivity contribution in [2.45, 2.75) is 26.1 Å². The van der Waals surface area contributed by atoms with Crippen LogP contribution in [0, 0.1) is 0 Å². The highest BCUT2D eigenvalue weighted by Crippen LogP contribution is 1.97. The highest BCUT2D eigenvalue weighted by molar-refractivity contribution is 4.97. The Balaban J connectivity index is 1.80. The van der Waals surface area contributed by atoms with Crippen molar-refractivity contribution >= 4 is 0 Å². The van der Waals surface area contributed by atoms with Gasteiger partial charge < -0.3 is 14.5 Å². The van der Waals surface area contributed by atoms with E-state index in [1.54, 1.807) is 6.20 Å². The van der Waals surface area contributed by atoms with Crippen LogP contribution in [0.3, 0.4) is 0 Å². The monoisotopic (exact) mass is 219 g/mol. The molecule has 5 nitrogen and oxygen atoms in total. The van der Waals surface area contributed by atoms with E-state index in [0.717, 1.165) is 13.1 Å². The van der Waals surface area contributed by atoms with Crippen molar-refractivity contribution in [1.82, 2.24) is 24.4 Å². The van der Waals surface area contributed by atoms with E-state index >= 15 is 0 Å². The number of hydrogen-bond acceptors (Lipinski definition) is 3. The Morgan fingerprint density at radius 1 is 1.38 bits per heavy atom. The number of rotatable bonds is 5. The van der Waals surface area contributed by atoms with Crippen LogP contribution < -0.4 is 5.32 Å². The lowest BCUT2D eigenvalue weighted by Gasteiger charge is -2.14. The number of aryl methyl sites for hydroxylation is 1. The average molecular weight is 219 g/mol. The van der Waals surface area contributed by atoms with Crippen LogP contribution in [0.15, 0.2) is 31.2 Å². The molecule has 0 aliphatic carbocycles. The van der Waals surface area contributed by atoms with E-state index in [0.29, 0.717) is 6.04 Å². The third-order valence-corrected chi connectivity index (χ3v) is 2.59. The molecule has 5 heteroatoms. The first kappa shape index (κ1) is 10.9. The van der Waals surface area contributed by atoms with E-state index in [4.69, 9.17) is 0 Å². The molecule has 86 valence electrons. The number of nitrogens with zero attached hydrogens (tertiary/aromatic N) is 4. The highest BCUT2D eigenvalue weighted by Gasteiger charge is 2.03. The molecule has 0 fully saturated rings. The smallest absolute Gasteiger partial charge is 0.0946 e. The van der Waals surface area contributed by atoms with E-state index in [1.807, 2.05) is 36.7 Å². The lowest BCUT2D eigenvalue weighted by molar-refractivity contribution is 0.469. The van der Waals surface area contributed by atoms with Gasteiger partial charge in [-0.05, 0) is 6.92 Å². The van der Waals surface area contributed by atoms with Crippen LogP contribution in [0.5, 0.6) is 0 Å². The Morgan fingerprint density at radius 3 is 2.88 bits per heavy atom. The first-order valence-corrected chi connectivity index (χ1v) is 5.40. The normalized spacial score (nSPS) is 12.9. The Kier molecular flexibility index (Phi) is 3.36. The quantitative estimate of drug-likeness (QED) is 0.809. The van der Waals surface area contributed by atoms with E-state index in [-0.39, 0.29) is 0 Å². The second-order valence-corrected chi connectivity index (χ2v) is 4.04. The van der Waals surface area contributed by atoms with Crippen LogP contribution in [0.25, 0.3) is 0 Å². The summed E-state index contributed by atoms with van der Waals surface area (Å²) >= 11 is 0. The van der Waals surface area contributed by atoms with Gasteiger partial charge in [-0.1, -0.05) is 0 Å². The molecule has 2 aromatic heterocycles. The predicted octanol–water partition coefficient (Wildman–Crippen LogP) is 0.795. The summed E-state index contributed by atoms with van der Waals surface area (Å²) < 4.78 is 4.10. The maximum absolute atomic E-state index is 4.08. The summed E-state index contributed by atoms with van der Waals surface area (Å²) in [6.07, 6.45) is 9.31. The van der Waals surface area contributed by atoms with Crippen LogP contribution in [0.2, 0.25) is 0 Å². The molecule has 0 saturated heterocycles. The van der Waals surface area contributed by atoms with Crippen molar-refractivity contribution in [1.29, 1.82) is 0 Å². The van der Waals surface area contributed by atoms with Crippen LogP contribution in [0.1, 0.15) is 12.6 Å². The largest absolute Gasteiger partial charge is 0.337 e. The number of imidazole rings is 2. The fourth-order valence-corrected chi connectivity index (χ4v) is 1.61. The standard InChI is InChI=1S/C11H17N5/c1-10(7-16-4-3-12-9-16)14-6-11-5-13-8-15(11)2/h3-5,8-10,14H,6-7H2,1-2H3. The second-order valence-electron chi connectivity index (χ2n) is 4.04. The molecule has 1 unspecified atom stereocenters. The fraction of sp³-hybridized carbons (Fsp3) is 0.455. The van der Waals surface area contributed by atoms with E-state index in [2.05, 4.69) is 26.8 Å². The van der Waals surface area contributed by atoms with Gasteiger partial charge in [0, 0.05) is 44.8 Å². The van der Waals surface area contributed by atoms with Gasteiger partial charge >= 0.3 is 0 Å². The number of nitrogens with one attached hydrogen (secondary N) is 1. The predicted molar refractivity (Wildman–Crippen MR) is 61.7 cm³/mol. The zero-order valence-corrected chi connectivity index (χ0v) is 9.67. The van der Waals surface area contributed by atoms with Gasteiger partial charge in [0.15, 0.2) is 0 Å². The maximum Gasteiger partial charge on any atom is 0.0946 e. The molecule has 0 bridgehead atoms. The van der Waals surface area contributed by atoms with Crippen LogP contribution in [-0.4, -0.2) is 25.1 Å². The van der Waals surface area contributed by atoms with Gasteiger partial charge in [0.25, 0.3) is 0 Å². The van der Waals surface area contributed by atoms with Crippen molar-refractivity contribution in [2.75, 3.05) is 0 Å². The van der Waals surface area contributed by atoms with Gasteiger partial charge in [0.2, 0.25) is 0 Å². The van der Waals surface area contributed by atoms with Crippen LogP contribution in [-0.2, 0) is 20.1 Å². The first-order valence-electron chi connectivity index (χ1n) is 5.40. The summed E-state index contributed by atoms with van der Waals surface area (Å²) in [5, 5.41) is 3.45. The molecule has 0 aliphatic heterocycles. The molecule has 0 aromatic carbocycles. The topological polar surface area (TPSA) is 47.7 Å². The fourth-order valence-electron chi connectivity index (χ4n) is 1.61. The molecular weight excluding hydrogens is 202 g/mol. The molecule has 2 aromatic rings. The molecule has 0 amide bonds. The van der Waals surface area contributed by atoms with Crippen molar-refractivity contribution in [2.24, 2.45) is 7.05 Å². The lowest BCUT2D eigenvalue weighted by Crippen LogP contribution is -2.30. The molecule has 0 radical (unpaired) electrons. The van der Waals surface area contributed by atoms with Gasteiger partial charge in [0.1, 0.15) is 0 Å². The van der Waals surface area contributed by atoms with Crippen molar-refractivity contribution < 1.29 is 0 Å². The van der Waals surface area contributed by atoms with Gasteiger partial charge in [-0.25, -0.2) is 9.97 Å². The summed E-state index contributed by atoms with van der Waals surface area (Å²) in [6.45, 7) is 3.93. The van der Waals surface area contributed by atoms with Gasteiger partial charge in [-0.15, -0.1) is 0 Å². The SMILES string of the molecule is CC(Cn1ccnc1)NCc1cncn1C. The Morgan fingerprint density at radius 2 is 2.25 bits per heavy atom. The minimum atomic E-state index is 0.407. The molecule has 0 spiro atoms. The van der Waals surface area contributed by atoms with Crippen molar-refractivity contribution in [3.63, 3.8) is 0 Å². The van der Waals surface area contributed by atoms with Gasteiger partial charge in [0.05, 0.1) is 18.3 Å². The summed E-state index contributed by atoms with van der Waals surface area (Å²) in [5.74, 6) is 0. The Hall–Kier alpha value is -1.62. The van der Waals surface area contributed by atoms with Crippen LogP contribution in [0.4, 0.5) is 0 Å². The van der Waals surface area contributed by atoms with E-state index in [1.165, 1.54) is 5.69 Å². The van der Waals surface area contributed by atoms with Gasteiger partial charge in [-0.2, -0.15) is 0 Å². The minimum absolute atomic E-state index is 0.407. The highest BCUT2D eigenvalue weighted by atomic mass is 15.1. The molecule has 0 aliphatic rings. The maximum atomic E-state index is 4.08. The summed E-state index contributed by atoms with van der Waals surface area (Å²) in [7, 11) is 2.00. The summed E-state index contributed by atoms with van der Waals surface area (Å²) in [6, 6.07) is 0.407. The molecule has 16 heavy (non-hydrogen) atoms. The summed E-state index contributed by atoms with van der Waals surface area (Å²) in [4.78, 5) is 8.10.